The predicted octanol–water partition coefficient (Wildman–Crippen LogP) is 3.26. The molecule has 144 valence electrons. The summed E-state index contributed by atoms with van der Waals surface area (Å²) in [6.07, 6.45) is 0. The van der Waals surface area contributed by atoms with Crippen LogP contribution in [0.4, 0.5) is 4.39 Å². The van der Waals surface area contributed by atoms with E-state index in [9.17, 15) is 14.8 Å². The fourth-order valence-corrected chi connectivity index (χ4v) is 3.47. The van der Waals surface area contributed by atoms with E-state index in [1.165, 1.54) is 6.07 Å². The van der Waals surface area contributed by atoms with Gasteiger partial charge in [0.2, 0.25) is 5.16 Å². The second-order valence-electron chi connectivity index (χ2n) is 5.98. The second kappa shape index (κ2) is 7.65. The lowest BCUT2D eigenvalue weighted by Crippen LogP contribution is -2.12. The van der Waals surface area contributed by atoms with Crippen molar-refractivity contribution in [2.24, 2.45) is 0 Å². The number of nitriles is 1. The van der Waals surface area contributed by atoms with Crippen LogP contribution in [0.5, 0.6) is 0 Å². The number of aliphatic hydroxyl groups is 1. The number of allylic oxidation sites excluding steroid dienone is 1. The Balaban J connectivity index is 1.58. The van der Waals surface area contributed by atoms with Crippen molar-refractivity contribution in [2.75, 3.05) is 11.6 Å². The number of nitrogens with two attached hydrogens (primary N) is 1. The third kappa shape index (κ3) is 3.51. The third-order valence-corrected chi connectivity index (χ3v) is 5.10. The Hall–Kier alpha value is -3.84. The van der Waals surface area contributed by atoms with Crippen molar-refractivity contribution in [2.45, 2.75) is 5.16 Å². The summed E-state index contributed by atoms with van der Waals surface area (Å²) in [5, 5.41) is 28.0. The van der Waals surface area contributed by atoms with Crippen molar-refractivity contribution in [3.63, 3.8) is 0 Å². The van der Waals surface area contributed by atoms with Crippen LogP contribution in [0.1, 0.15) is 5.82 Å². The number of imidazole rings is 1. The Morgan fingerprint density at radius 3 is 2.72 bits per heavy atom. The number of nitrogens with zero attached hydrogens (tertiary/aromatic N) is 5. The van der Waals surface area contributed by atoms with Gasteiger partial charge in [-0.1, -0.05) is 36.0 Å². The third-order valence-electron chi connectivity index (χ3n) is 4.14. The normalized spacial score (nSPS) is 12.0. The van der Waals surface area contributed by atoms with Gasteiger partial charge in [0.25, 0.3) is 0 Å². The van der Waals surface area contributed by atoms with Crippen LogP contribution in [0, 0.1) is 17.1 Å². The molecule has 0 aliphatic rings. The lowest BCUT2D eigenvalue weighted by atomic mass is 10.2. The molecule has 4 rings (SSSR count). The van der Waals surface area contributed by atoms with Gasteiger partial charge in [0.05, 0.1) is 22.3 Å². The average Bonchev–Trinajstić information content (AvgIpc) is 3.31. The second-order valence-corrected chi connectivity index (χ2v) is 6.92. The number of rotatable bonds is 5. The molecule has 0 spiro atoms. The minimum atomic E-state index is -0.470. The number of aliphatic hydroxyl groups excluding tert-OH is 1. The highest BCUT2D eigenvalue weighted by atomic mass is 32.2. The number of nitrogens with one attached hydrogen (secondary N) is 1. The van der Waals surface area contributed by atoms with Gasteiger partial charge >= 0.3 is 0 Å². The lowest BCUT2D eigenvalue weighted by Gasteiger charge is -2.05. The molecule has 2 aromatic carbocycles. The summed E-state index contributed by atoms with van der Waals surface area (Å²) in [7, 11) is 0. The highest BCUT2D eigenvalue weighted by molar-refractivity contribution is 7.99. The molecule has 0 bridgehead atoms. The highest BCUT2D eigenvalue weighted by Crippen LogP contribution is 2.26. The van der Waals surface area contributed by atoms with Gasteiger partial charge in [-0.05, 0) is 24.3 Å². The molecule has 4 aromatic rings. The molecule has 10 heteroatoms. The number of aromatic amines is 1. The fourth-order valence-electron chi connectivity index (χ4n) is 2.73. The highest BCUT2D eigenvalue weighted by Gasteiger charge is 2.18. The number of H-pyrrole nitrogens is 1. The van der Waals surface area contributed by atoms with Crippen LogP contribution in [-0.2, 0) is 0 Å². The van der Waals surface area contributed by atoms with Crippen molar-refractivity contribution in [3.05, 3.63) is 65.9 Å². The molecule has 29 heavy (non-hydrogen) atoms. The van der Waals surface area contributed by atoms with Crippen molar-refractivity contribution in [3.8, 4) is 17.5 Å². The minimum Gasteiger partial charge on any atom is -0.510 e. The SMILES string of the molecule is N#C/C(=C(\O)CSc1nnc(-c2ccccc2F)n1N)c1nc2ccccc2[nH]1. The number of hydrogen-bond donors (Lipinski definition) is 3. The number of para-hydroxylation sites is 2. The average molecular weight is 407 g/mol. The molecular formula is C19H14FN7OS. The smallest absolute Gasteiger partial charge is 0.210 e. The van der Waals surface area contributed by atoms with Gasteiger partial charge in [-0.25, -0.2) is 14.1 Å². The van der Waals surface area contributed by atoms with Crippen LogP contribution in [0.25, 0.3) is 28.0 Å². The van der Waals surface area contributed by atoms with Gasteiger partial charge in [-0.3, -0.25) is 0 Å². The van der Waals surface area contributed by atoms with Gasteiger partial charge in [0.15, 0.2) is 11.6 Å². The largest absolute Gasteiger partial charge is 0.510 e. The van der Waals surface area contributed by atoms with Crippen molar-refractivity contribution < 1.29 is 9.50 Å². The maximum atomic E-state index is 14.0. The van der Waals surface area contributed by atoms with E-state index < -0.39 is 5.82 Å². The standard InChI is InChI=1S/C19H14FN7OS/c20-13-6-2-1-5-11(13)18-25-26-19(27(18)22)29-10-16(28)12(9-21)17-23-14-7-3-4-8-15(14)24-17/h1-8,28H,10,22H2,(H,23,24)/b16-12+. The summed E-state index contributed by atoms with van der Waals surface area (Å²) in [6.45, 7) is 0. The summed E-state index contributed by atoms with van der Waals surface area (Å²) in [5.41, 5.74) is 1.68. The first-order chi connectivity index (χ1) is 14.1. The fraction of sp³-hybridized carbons (Fsp3) is 0.0526. The maximum absolute atomic E-state index is 14.0. The number of nitrogen functional groups attached to an aromatic ring is 1. The van der Waals surface area contributed by atoms with Gasteiger partial charge in [0.1, 0.15) is 23.2 Å². The van der Waals surface area contributed by atoms with Gasteiger partial charge in [-0.2, -0.15) is 5.26 Å². The topological polar surface area (TPSA) is 129 Å². The molecular weight excluding hydrogens is 393 g/mol. The zero-order chi connectivity index (χ0) is 20.4. The number of halogens is 1. The first kappa shape index (κ1) is 18.5. The Kier molecular flexibility index (Phi) is 4.88. The number of fused-ring (bicyclic) bond motifs is 1. The monoisotopic (exact) mass is 407 g/mol. The lowest BCUT2D eigenvalue weighted by molar-refractivity contribution is 0.420. The molecule has 2 aromatic heterocycles. The van der Waals surface area contributed by atoms with Crippen LogP contribution in [0.3, 0.4) is 0 Å². The molecule has 2 heterocycles. The Bertz CT molecular complexity index is 1240. The van der Waals surface area contributed by atoms with Gasteiger partial charge < -0.3 is 15.9 Å². The van der Waals surface area contributed by atoms with Gasteiger partial charge in [-0.15, -0.1) is 10.2 Å². The molecule has 0 saturated carbocycles. The van der Waals surface area contributed by atoms with E-state index in [1.807, 2.05) is 24.3 Å². The quantitative estimate of drug-likeness (QED) is 0.200. The summed E-state index contributed by atoms with van der Waals surface area (Å²) in [6, 6.07) is 15.4. The van der Waals surface area contributed by atoms with Gasteiger partial charge in [0, 0.05) is 0 Å². The first-order valence-electron chi connectivity index (χ1n) is 8.44. The first-order valence-corrected chi connectivity index (χ1v) is 9.42. The molecule has 0 aliphatic carbocycles. The van der Waals surface area contributed by atoms with E-state index in [0.717, 1.165) is 22.0 Å². The molecule has 0 saturated heterocycles. The molecule has 0 radical (unpaired) electrons. The summed E-state index contributed by atoms with van der Waals surface area (Å²) in [4.78, 5) is 7.33. The van der Waals surface area contributed by atoms with E-state index in [2.05, 4.69) is 20.2 Å². The van der Waals surface area contributed by atoms with Crippen LogP contribution in [0.2, 0.25) is 0 Å². The summed E-state index contributed by atoms with van der Waals surface area (Å²) >= 11 is 1.06. The number of thioether (sulfide) groups is 1. The minimum absolute atomic E-state index is 0.00649. The molecule has 4 N–H and O–H groups in total. The Labute approximate surface area is 168 Å². The van der Waals surface area contributed by atoms with E-state index in [-0.39, 0.29) is 39.5 Å². The van der Waals surface area contributed by atoms with E-state index >= 15 is 0 Å². The Morgan fingerprint density at radius 1 is 1.21 bits per heavy atom. The molecule has 0 aliphatic heterocycles. The van der Waals surface area contributed by atoms with Crippen LogP contribution in [-0.4, -0.2) is 35.7 Å². The maximum Gasteiger partial charge on any atom is 0.210 e. The molecule has 8 nitrogen and oxygen atoms in total. The number of aromatic nitrogens is 5. The van der Waals surface area contributed by atoms with E-state index in [0.29, 0.717) is 5.52 Å². The van der Waals surface area contributed by atoms with Crippen molar-refractivity contribution in [1.82, 2.24) is 24.8 Å². The Morgan fingerprint density at radius 2 is 1.97 bits per heavy atom. The zero-order valence-corrected chi connectivity index (χ0v) is 15.7. The molecule has 0 fully saturated rings. The van der Waals surface area contributed by atoms with E-state index in [4.69, 9.17) is 5.84 Å². The predicted molar refractivity (Wildman–Crippen MR) is 108 cm³/mol. The van der Waals surface area contributed by atoms with Crippen LogP contribution >= 0.6 is 11.8 Å². The van der Waals surface area contributed by atoms with Crippen LogP contribution < -0.4 is 5.84 Å². The summed E-state index contributed by atoms with van der Waals surface area (Å²) in [5.74, 6) is 5.76. The number of hydrogen-bond acceptors (Lipinski definition) is 7. The molecule has 0 unspecified atom stereocenters. The number of benzene rings is 2. The molecule has 0 atom stereocenters. The summed E-state index contributed by atoms with van der Waals surface area (Å²) < 4.78 is 15.1. The van der Waals surface area contributed by atoms with Crippen LogP contribution in [0.15, 0.2) is 59.4 Å². The molecule has 0 amide bonds. The van der Waals surface area contributed by atoms with E-state index in [1.54, 1.807) is 24.3 Å². The zero-order valence-electron chi connectivity index (χ0n) is 14.9. The van der Waals surface area contributed by atoms with Crippen molar-refractivity contribution >= 4 is 28.4 Å². The van der Waals surface area contributed by atoms with Crippen molar-refractivity contribution in [1.29, 1.82) is 5.26 Å².